The summed E-state index contributed by atoms with van der Waals surface area (Å²) in [6, 6.07) is 11.1. The smallest absolute Gasteiger partial charge is 0.266 e. The summed E-state index contributed by atoms with van der Waals surface area (Å²) in [5.41, 5.74) is 0.933. The number of anilines is 1. The minimum Gasteiger partial charge on any atom is -0.459 e. The molecule has 1 unspecified atom stereocenters. The molecule has 1 N–H and O–H groups in total. The maximum atomic E-state index is 13.5. The first kappa shape index (κ1) is 22.4. The summed E-state index contributed by atoms with van der Waals surface area (Å²) in [7, 11) is 1.85. The molecule has 35 heavy (non-hydrogen) atoms. The van der Waals surface area contributed by atoms with E-state index in [0.29, 0.717) is 43.4 Å². The van der Waals surface area contributed by atoms with E-state index in [9.17, 15) is 14.4 Å². The molecule has 1 aliphatic heterocycles. The molecule has 1 fully saturated rings. The first-order valence-electron chi connectivity index (χ1n) is 11.3. The number of aryl methyl sites for hydroxylation is 1. The Balaban J connectivity index is 1.28. The molecule has 4 aromatic rings. The van der Waals surface area contributed by atoms with E-state index in [2.05, 4.69) is 21.4 Å². The van der Waals surface area contributed by atoms with Crippen LogP contribution in [0.5, 0.6) is 0 Å². The molecule has 10 heteroatoms. The third kappa shape index (κ3) is 4.53. The largest absolute Gasteiger partial charge is 0.459 e. The van der Waals surface area contributed by atoms with Crippen molar-refractivity contribution in [2.45, 2.75) is 18.9 Å². The fourth-order valence-corrected chi connectivity index (χ4v) is 4.32. The van der Waals surface area contributed by atoms with E-state index in [1.807, 2.05) is 16.5 Å². The predicted octanol–water partition coefficient (Wildman–Crippen LogP) is 3.80. The van der Waals surface area contributed by atoms with Gasteiger partial charge in [0, 0.05) is 38.4 Å². The number of amides is 1. The molecule has 3 aromatic heterocycles. The number of rotatable bonds is 6. The van der Waals surface area contributed by atoms with E-state index in [4.69, 9.17) is 8.83 Å². The van der Waals surface area contributed by atoms with Crippen molar-refractivity contribution in [3.63, 3.8) is 0 Å². The number of furan rings is 1. The number of aromatic nitrogens is 3. The number of hydrogen-bond acceptors (Lipinski definition) is 7. The summed E-state index contributed by atoms with van der Waals surface area (Å²) in [5, 5.41) is 12.6. The van der Waals surface area contributed by atoms with Crippen LogP contribution in [0.25, 0.3) is 11.7 Å². The zero-order chi connectivity index (χ0) is 24.4. The van der Waals surface area contributed by atoms with Crippen LogP contribution in [0.1, 0.15) is 36.0 Å². The Morgan fingerprint density at radius 3 is 2.66 bits per heavy atom. The zero-order valence-corrected chi connectivity index (χ0v) is 19.0. The van der Waals surface area contributed by atoms with Gasteiger partial charge in [0.25, 0.3) is 5.89 Å². The Morgan fingerprint density at radius 2 is 2.03 bits per heavy atom. The fraction of sp³-hybridized carbons (Fsp3) is 0.280. The van der Waals surface area contributed by atoms with Gasteiger partial charge in [0.15, 0.2) is 5.76 Å². The number of imidazole rings is 1. The van der Waals surface area contributed by atoms with Crippen LogP contribution < -0.4 is 10.2 Å². The van der Waals surface area contributed by atoms with E-state index in [0.717, 1.165) is 5.56 Å². The van der Waals surface area contributed by atoms with Crippen molar-refractivity contribution < 1.29 is 18.0 Å². The first-order chi connectivity index (χ1) is 17.0. The van der Waals surface area contributed by atoms with Gasteiger partial charge in [-0.15, -0.1) is 0 Å². The molecule has 0 aliphatic carbocycles. The minimum atomic E-state index is -0.503. The lowest BCUT2D eigenvalue weighted by molar-refractivity contribution is -0.126. The molecule has 1 amide bonds. The summed E-state index contributed by atoms with van der Waals surface area (Å²) in [6.45, 7) is 1.06. The molecule has 1 aliphatic rings. The third-order valence-electron chi connectivity index (χ3n) is 6.21. The number of nitrogens with one attached hydrogen (secondary N) is 1. The lowest BCUT2D eigenvalue weighted by atomic mass is 9.95. The maximum absolute atomic E-state index is 13.5. The van der Waals surface area contributed by atoms with Crippen LogP contribution in [0.2, 0.25) is 0 Å². The fourth-order valence-electron chi connectivity index (χ4n) is 4.32. The van der Waals surface area contributed by atoms with Crippen molar-refractivity contribution in [2.75, 3.05) is 18.0 Å². The quantitative estimate of drug-likeness (QED) is 0.452. The lowest BCUT2D eigenvalue weighted by Gasteiger charge is -2.32. The summed E-state index contributed by atoms with van der Waals surface area (Å²) >= 11 is 0. The second-order valence-corrected chi connectivity index (χ2v) is 8.41. The van der Waals surface area contributed by atoms with Crippen LogP contribution in [-0.2, 0) is 11.8 Å². The highest BCUT2D eigenvalue weighted by atomic mass is 19.1. The van der Waals surface area contributed by atoms with Gasteiger partial charge in [-0.05, 0) is 42.7 Å². The van der Waals surface area contributed by atoms with Gasteiger partial charge in [-0.1, -0.05) is 12.1 Å². The first-order valence-corrected chi connectivity index (χ1v) is 11.3. The number of carbonyl (C=O) groups is 1. The van der Waals surface area contributed by atoms with Gasteiger partial charge >= 0.3 is 0 Å². The van der Waals surface area contributed by atoms with E-state index >= 15 is 0 Å². The zero-order valence-electron chi connectivity index (χ0n) is 19.0. The highest BCUT2D eigenvalue weighted by Crippen LogP contribution is 2.32. The second kappa shape index (κ2) is 9.46. The minimum absolute atomic E-state index is 0.101. The van der Waals surface area contributed by atoms with Gasteiger partial charge in [-0.2, -0.15) is 10.2 Å². The van der Waals surface area contributed by atoms with Crippen molar-refractivity contribution in [3.8, 4) is 17.7 Å². The SMILES string of the molecule is Cn1ccnc1C(NC(=O)C1CCN(c2oc(-c3ccco3)nc2C#N)CC1)c1ccc(F)cc1. The van der Waals surface area contributed by atoms with Gasteiger partial charge in [0.1, 0.15) is 23.8 Å². The van der Waals surface area contributed by atoms with E-state index < -0.39 is 6.04 Å². The normalized spacial score (nSPS) is 15.1. The Kier molecular flexibility index (Phi) is 6.06. The van der Waals surface area contributed by atoms with Crippen molar-refractivity contribution in [3.05, 3.63) is 78.0 Å². The Morgan fingerprint density at radius 1 is 1.26 bits per heavy atom. The number of nitriles is 1. The molecule has 0 saturated carbocycles. The molecule has 178 valence electrons. The molecule has 0 radical (unpaired) electrons. The molecule has 4 heterocycles. The second-order valence-electron chi connectivity index (χ2n) is 8.41. The molecular weight excluding hydrogens is 451 g/mol. The van der Waals surface area contributed by atoms with Crippen LogP contribution in [0.3, 0.4) is 0 Å². The molecule has 0 spiro atoms. The standard InChI is InChI=1S/C25H23FN6O3/c1-31-13-10-28-22(31)21(16-4-6-18(26)7-5-16)30-23(33)17-8-11-32(12-9-17)25-19(15-27)29-24(35-25)20-3-2-14-34-20/h2-7,10,13-14,17,21H,8-9,11-12H2,1H3,(H,30,33). The highest BCUT2D eigenvalue weighted by molar-refractivity contribution is 5.80. The number of halogens is 1. The van der Waals surface area contributed by atoms with Crippen LogP contribution in [0, 0.1) is 23.1 Å². The number of piperidine rings is 1. The van der Waals surface area contributed by atoms with Gasteiger partial charge in [0.05, 0.1) is 6.26 Å². The molecule has 9 nitrogen and oxygen atoms in total. The highest BCUT2D eigenvalue weighted by Gasteiger charge is 2.31. The Hall–Kier alpha value is -4.39. The molecule has 1 aromatic carbocycles. The summed E-state index contributed by atoms with van der Waals surface area (Å²) in [4.78, 5) is 23.8. The van der Waals surface area contributed by atoms with E-state index in [1.165, 1.54) is 18.4 Å². The predicted molar refractivity (Wildman–Crippen MR) is 123 cm³/mol. The van der Waals surface area contributed by atoms with Crippen molar-refractivity contribution in [2.24, 2.45) is 13.0 Å². The average Bonchev–Trinajstić information content (AvgIpc) is 3.64. The third-order valence-corrected chi connectivity index (χ3v) is 6.21. The number of oxazole rings is 1. The van der Waals surface area contributed by atoms with E-state index in [1.54, 1.807) is 36.7 Å². The van der Waals surface area contributed by atoms with Gasteiger partial charge < -0.3 is 23.6 Å². The molecule has 1 saturated heterocycles. The molecule has 1 atom stereocenters. The Bertz CT molecular complexity index is 1340. The van der Waals surface area contributed by atoms with Gasteiger partial charge in [-0.25, -0.2) is 9.37 Å². The average molecular weight is 474 g/mol. The maximum Gasteiger partial charge on any atom is 0.266 e. The van der Waals surface area contributed by atoms with Crippen molar-refractivity contribution in [1.29, 1.82) is 5.26 Å². The molecule has 0 bridgehead atoms. The van der Waals surface area contributed by atoms with Crippen LogP contribution in [0.15, 0.2) is 63.9 Å². The van der Waals surface area contributed by atoms with Crippen molar-refractivity contribution in [1.82, 2.24) is 19.9 Å². The number of nitrogens with zero attached hydrogens (tertiary/aromatic N) is 5. The summed E-state index contributed by atoms with van der Waals surface area (Å²) < 4.78 is 26.5. The van der Waals surface area contributed by atoms with Gasteiger partial charge in [0.2, 0.25) is 17.5 Å². The summed E-state index contributed by atoms with van der Waals surface area (Å²) in [5.74, 6) is 1.07. The van der Waals surface area contributed by atoms with Crippen molar-refractivity contribution >= 4 is 11.8 Å². The van der Waals surface area contributed by atoms with Crippen LogP contribution in [0.4, 0.5) is 10.3 Å². The number of carbonyl (C=O) groups excluding carboxylic acids is 1. The lowest BCUT2D eigenvalue weighted by Crippen LogP contribution is -2.42. The summed E-state index contributed by atoms with van der Waals surface area (Å²) in [6.07, 6.45) is 6.13. The topological polar surface area (TPSA) is 113 Å². The van der Waals surface area contributed by atoms with Crippen LogP contribution >= 0.6 is 0 Å². The van der Waals surface area contributed by atoms with Gasteiger partial charge in [-0.3, -0.25) is 4.79 Å². The molecular formula is C25H23FN6O3. The van der Waals surface area contributed by atoms with Crippen LogP contribution in [-0.4, -0.2) is 33.5 Å². The number of hydrogen-bond donors (Lipinski definition) is 1. The molecule has 5 rings (SSSR count). The Labute approximate surface area is 200 Å². The van der Waals surface area contributed by atoms with E-state index in [-0.39, 0.29) is 29.2 Å². The monoisotopic (exact) mass is 474 g/mol. The number of benzene rings is 1.